The molecule has 0 N–H and O–H groups in total. The predicted octanol–water partition coefficient (Wildman–Crippen LogP) is 2.65. The zero-order chi connectivity index (χ0) is 15.8. The van der Waals surface area contributed by atoms with Crippen LogP contribution in [-0.4, -0.2) is 33.7 Å². The summed E-state index contributed by atoms with van der Waals surface area (Å²) < 4.78 is 7.50. The molecule has 0 spiro atoms. The molecule has 0 atom stereocenters. The molecule has 118 valence electrons. The van der Waals surface area contributed by atoms with Crippen molar-refractivity contribution in [2.24, 2.45) is 0 Å². The first-order valence-corrected chi connectivity index (χ1v) is 7.80. The van der Waals surface area contributed by atoms with E-state index in [1.807, 2.05) is 37.6 Å². The Labute approximate surface area is 134 Å². The van der Waals surface area contributed by atoms with E-state index < -0.39 is 0 Å². The molecular formula is C17H19N5O. The summed E-state index contributed by atoms with van der Waals surface area (Å²) in [7, 11) is 3.71. The van der Waals surface area contributed by atoms with Gasteiger partial charge in [0, 0.05) is 37.5 Å². The highest BCUT2D eigenvalue weighted by Crippen LogP contribution is 2.39. The molecule has 23 heavy (non-hydrogen) atoms. The number of anilines is 1. The molecule has 2 aromatic heterocycles. The lowest BCUT2D eigenvalue weighted by molar-refractivity contribution is 0.409. The normalized spacial score (nSPS) is 14.2. The van der Waals surface area contributed by atoms with Crippen LogP contribution >= 0.6 is 0 Å². The fourth-order valence-electron chi connectivity index (χ4n) is 2.88. The molecule has 1 aromatic carbocycles. The van der Waals surface area contributed by atoms with Crippen LogP contribution in [-0.2, 0) is 6.54 Å². The number of hydrogen-bond donors (Lipinski definition) is 0. The van der Waals surface area contributed by atoms with Crippen LogP contribution in [0.4, 0.5) is 5.82 Å². The third-order valence-electron chi connectivity index (χ3n) is 4.24. The largest absolute Gasteiger partial charge is 0.496 e. The van der Waals surface area contributed by atoms with E-state index in [0.717, 1.165) is 28.6 Å². The molecule has 0 amide bonds. The minimum atomic E-state index is 0.555. The van der Waals surface area contributed by atoms with Gasteiger partial charge in [0.15, 0.2) is 5.82 Å². The van der Waals surface area contributed by atoms with Gasteiger partial charge in [-0.25, -0.2) is 4.98 Å². The van der Waals surface area contributed by atoms with Gasteiger partial charge in [-0.15, -0.1) is 10.2 Å². The molecule has 4 rings (SSSR count). The van der Waals surface area contributed by atoms with Crippen molar-refractivity contribution >= 4 is 11.5 Å². The fraction of sp³-hybridized carbons (Fsp3) is 0.353. The second kappa shape index (κ2) is 5.53. The minimum Gasteiger partial charge on any atom is -0.496 e. The first-order valence-electron chi connectivity index (χ1n) is 7.80. The number of aromatic nitrogens is 4. The summed E-state index contributed by atoms with van der Waals surface area (Å²) in [6.45, 7) is 0.697. The number of benzene rings is 1. The molecule has 6 heteroatoms. The topological polar surface area (TPSA) is 55.5 Å². The van der Waals surface area contributed by atoms with Gasteiger partial charge in [0.2, 0.25) is 5.65 Å². The van der Waals surface area contributed by atoms with E-state index in [0.29, 0.717) is 12.5 Å². The third kappa shape index (κ3) is 2.50. The van der Waals surface area contributed by atoms with Gasteiger partial charge < -0.3 is 9.64 Å². The van der Waals surface area contributed by atoms with Crippen molar-refractivity contribution in [2.45, 2.75) is 25.3 Å². The van der Waals surface area contributed by atoms with Crippen LogP contribution in [0, 0.1) is 0 Å². The molecule has 6 nitrogen and oxygen atoms in total. The van der Waals surface area contributed by atoms with Crippen LogP contribution in [0.3, 0.4) is 0 Å². The van der Waals surface area contributed by atoms with Gasteiger partial charge >= 0.3 is 0 Å². The second-order valence-electron chi connectivity index (χ2n) is 5.94. The number of methoxy groups -OCH3 is 1. The summed E-state index contributed by atoms with van der Waals surface area (Å²) >= 11 is 0. The third-order valence-corrected chi connectivity index (χ3v) is 4.24. The zero-order valence-corrected chi connectivity index (χ0v) is 13.3. The SMILES string of the molecule is COc1ccccc1CN(C)c1nccn2c(C3CC3)nnc12. The van der Waals surface area contributed by atoms with E-state index in [2.05, 4.69) is 30.5 Å². The van der Waals surface area contributed by atoms with E-state index in [-0.39, 0.29) is 0 Å². The Bertz CT molecular complexity index is 840. The molecule has 1 fully saturated rings. The number of hydrogen-bond acceptors (Lipinski definition) is 5. The Balaban J connectivity index is 1.68. The van der Waals surface area contributed by atoms with E-state index in [1.54, 1.807) is 7.11 Å². The predicted molar refractivity (Wildman–Crippen MR) is 87.9 cm³/mol. The summed E-state index contributed by atoms with van der Waals surface area (Å²) in [4.78, 5) is 6.60. The lowest BCUT2D eigenvalue weighted by Gasteiger charge is -2.19. The first kappa shape index (κ1) is 14.0. The standard InChI is InChI=1S/C17H19N5O/c1-21(11-13-5-3-4-6-14(13)23-2)16-17-20-19-15(12-7-8-12)22(17)10-9-18-16/h3-6,9-10,12H,7-8,11H2,1-2H3. The van der Waals surface area contributed by atoms with E-state index in [9.17, 15) is 0 Å². The molecule has 0 bridgehead atoms. The monoisotopic (exact) mass is 309 g/mol. The van der Waals surface area contributed by atoms with Gasteiger partial charge in [0.25, 0.3) is 0 Å². The van der Waals surface area contributed by atoms with E-state index >= 15 is 0 Å². The number of fused-ring (bicyclic) bond motifs is 1. The molecule has 0 radical (unpaired) electrons. The number of rotatable bonds is 5. The molecule has 3 aromatic rings. The highest BCUT2D eigenvalue weighted by atomic mass is 16.5. The van der Waals surface area contributed by atoms with Crippen molar-refractivity contribution in [3.05, 3.63) is 48.0 Å². The minimum absolute atomic E-state index is 0.555. The quantitative estimate of drug-likeness (QED) is 0.725. The first-order chi connectivity index (χ1) is 11.3. The summed E-state index contributed by atoms with van der Waals surface area (Å²) in [6, 6.07) is 8.03. The Kier molecular flexibility index (Phi) is 3.37. The molecule has 1 aliphatic rings. The molecule has 2 heterocycles. The van der Waals surface area contributed by atoms with Gasteiger partial charge in [-0.1, -0.05) is 18.2 Å². The lowest BCUT2D eigenvalue weighted by atomic mass is 10.2. The molecule has 1 aliphatic carbocycles. The second-order valence-corrected chi connectivity index (χ2v) is 5.94. The molecule has 0 aliphatic heterocycles. The van der Waals surface area contributed by atoms with Crippen LogP contribution in [0.15, 0.2) is 36.7 Å². The Hall–Kier alpha value is -2.63. The van der Waals surface area contributed by atoms with Crippen molar-refractivity contribution in [3.8, 4) is 5.75 Å². The summed E-state index contributed by atoms with van der Waals surface area (Å²) in [5, 5.41) is 8.73. The molecule has 0 saturated heterocycles. The van der Waals surface area contributed by atoms with E-state index in [1.165, 1.54) is 12.8 Å². The average molecular weight is 309 g/mol. The van der Waals surface area contributed by atoms with Crippen LogP contribution < -0.4 is 9.64 Å². The van der Waals surface area contributed by atoms with Crippen molar-refractivity contribution < 1.29 is 4.74 Å². The van der Waals surface area contributed by atoms with Crippen molar-refractivity contribution in [3.63, 3.8) is 0 Å². The van der Waals surface area contributed by atoms with Crippen LogP contribution in [0.5, 0.6) is 5.75 Å². The Morgan fingerprint density at radius 2 is 2.09 bits per heavy atom. The summed E-state index contributed by atoms with van der Waals surface area (Å²) in [6.07, 6.45) is 6.17. The smallest absolute Gasteiger partial charge is 0.203 e. The molecule has 0 unspecified atom stereocenters. The highest BCUT2D eigenvalue weighted by Gasteiger charge is 2.29. The maximum atomic E-state index is 5.43. The van der Waals surface area contributed by atoms with Crippen molar-refractivity contribution in [1.29, 1.82) is 0 Å². The van der Waals surface area contributed by atoms with Gasteiger partial charge in [-0.05, 0) is 18.9 Å². The summed E-state index contributed by atoms with van der Waals surface area (Å²) in [5.74, 6) is 3.32. The van der Waals surface area contributed by atoms with Crippen molar-refractivity contribution in [2.75, 3.05) is 19.1 Å². The Morgan fingerprint density at radius 3 is 2.87 bits per heavy atom. The zero-order valence-electron chi connectivity index (χ0n) is 13.3. The highest BCUT2D eigenvalue weighted by molar-refractivity contribution is 5.64. The number of nitrogens with zero attached hydrogens (tertiary/aromatic N) is 5. The maximum absolute atomic E-state index is 5.43. The van der Waals surface area contributed by atoms with E-state index in [4.69, 9.17) is 4.74 Å². The number of para-hydroxylation sites is 1. The maximum Gasteiger partial charge on any atom is 0.203 e. The summed E-state index contributed by atoms with van der Waals surface area (Å²) in [5.41, 5.74) is 1.93. The lowest BCUT2D eigenvalue weighted by Crippen LogP contribution is -2.19. The van der Waals surface area contributed by atoms with Crippen LogP contribution in [0.1, 0.15) is 30.1 Å². The van der Waals surface area contributed by atoms with Crippen LogP contribution in [0.25, 0.3) is 5.65 Å². The fourth-order valence-corrected chi connectivity index (χ4v) is 2.88. The van der Waals surface area contributed by atoms with Gasteiger partial charge in [-0.2, -0.15) is 0 Å². The van der Waals surface area contributed by atoms with Crippen molar-refractivity contribution in [1.82, 2.24) is 19.6 Å². The van der Waals surface area contributed by atoms with Gasteiger partial charge in [0.05, 0.1) is 7.11 Å². The average Bonchev–Trinajstić information content (AvgIpc) is 3.33. The number of ether oxygens (including phenoxy) is 1. The van der Waals surface area contributed by atoms with Gasteiger partial charge in [-0.3, -0.25) is 4.40 Å². The molecular weight excluding hydrogens is 290 g/mol. The molecule has 1 saturated carbocycles. The van der Waals surface area contributed by atoms with Crippen LogP contribution in [0.2, 0.25) is 0 Å². The Morgan fingerprint density at radius 1 is 1.26 bits per heavy atom. The van der Waals surface area contributed by atoms with Gasteiger partial charge in [0.1, 0.15) is 11.6 Å².